The van der Waals surface area contributed by atoms with Crippen LogP contribution in [-0.4, -0.2) is 42.0 Å². The lowest BCUT2D eigenvalue weighted by atomic mass is 9.95. The molecule has 1 saturated carbocycles. The number of ether oxygens (including phenoxy) is 1. The van der Waals surface area contributed by atoms with Crippen LogP contribution in [0.5, 0.6) is 0 Å². The van der Waals surface area contributed by atoms with Crippen molar-refractivity contribution in [2.45, 2.75) is 44.7 Å². The van der Waals surface area contributed by atoms with Gasteiger partial charge in [0.05, 0.1) is 23.9 Å². The molecule has 2 heterocycles. The number of carbonyl (C=O) groups is 2. The number of aromatic nitrogens is 1. The van der Waals surface area contributed by atoms with Crippen molar-refractivity contribution in [1.82, 2.24) is 9.88 Å². The Labute approximate surface area is 186 Å². The lowest BCUT2D eigenvalue weighted by Gasteiger charge is -2.20. The van der Waals surface area contributed by atoms with E-state index in [1.807, 2.05) is 42.5 Å². The Bertz CT molecular complexity index is 1120. The van der Waals surface area contributed by atoms with Crippen LogP contribution in [0.1, 0.15) is 47.6 Å². The van der Waals surface area contributed by atoms with Gasteiger partial charge >= 0.3 is 5.97 Å². The van der Waals surface area contributed by atoms with E-state index in [1.165, 1.54) is 18.4 Å². The van der Waals surface area contributed by atoms with Crippen molar-refractivity contribution < 1.29 is 14.3 Å². The van der Waals surface area contributed by atoms with Gasteiger partial charge < -0.3 is 10.1 Å². The summed E-state index contributed by atoms with van der Waals surface area (Å²) in [5.74, 6) is -0.559. The quantitative estimate of drug-likeness (QED) is 0.547. The van der Waals surface area contributed by atoms with Crippen LogP contribution < -0.4 is 5.32 Å². The van der Waals surface area contributed by atoms with E-state index >= 15 is 0 Å². The highest BCUT2D eigenvalue weighted by Gasteiger charge is 2.51. The summed E-state index contributed by atoms with van der Waals surface area (Å²) in [7, 11) is 3.40. The van der Waals surface area contributed by atoms with Crippen molar-refractivity contribution in [3.8, 4) is 0 Å². The molecule has 1 aliphatic carbocycles. The lowest BCUT2D eigenvalue weighted by molar-refractivity contribution is -0.118. The third kappa shape index (κ3) is 4.07. The molecule has 4 rings (SSSR count). The second-order valence-corrected chi connectivity index (χ2v) is 9.36. The molecule has 1 amide bonds. The van der Waals surface area contributed by atoms with E-state index in [9.17, 15) is 9.59 Å². The molecule has 0 bridgehead atoms. The molecule has 31 heavy (non-hydrogen) atoms. The fourth-order valence-electron chi connectivity index (χ4n) is 3.67. The molecule has 0 unspecified atom stereocenters. The number of rotatable bonds is 7. The third-order valence-corrected chi connectivity index (χ3v) is 7.11. The van der Waals surface area contributed by atoms with Gasteiger partial charge in [0, 0.05) is 18.0 Å². The molecule has 7 heteroatoms. The first-order chi connectivity index (χ1) is 14.9. The number of hydrogen-bond acceptors (Lipinski definition) is 6. The minimum absolute atomic E-state index is 0.0906. The predicted octanol–water partition coefficient (Wildman–Crippen LogP) is 4.59. The van der Waals surface area contributed by atoms with Gasteiger partial charge in [0.1, 0.15) is 9.71 Å². The first kappa shape index (κ1) is 21.5. The minimum Gasteiger partial charge on any atom is -0.465 e. The van der Waals surface area contributed by atoms with Crippen LogP contribution in [-0.2, 0) is 21.5 Å². The first-order valence-corrected chi connectivity index (χ1v) is 11.3. The Morgan fingerprint density at radius 3 is 2.52 bits per heavy atom. The first-order valence-electron chi connectivity index (χ1n) is 10.4. The van der Waals surface area contributed by atoms with Crippen LogP contribution in [0.2, 0.25) is 0 Å². The Hall–Kier alpha value is -2.77. The van der Waals surface area contributed by atoms with E-state index in [-0.39, 0.29) is 5.91 Å². The maximum Gasteiger partial charge on any atom is 0.350 e. The summed E-state index contributed by atoms with van der Waals surface area (Å²) in [5, 5.41) is 3.81. The molecule has 1 aliphatic rings. The van der Waals surface area contributed by atoms with Gasteiger partial charge in [0.15, 0.2) is 0 Å². The molecule has 0 saturated heterocycles. The largest absolute Gasteiger partial charge is 0.465 e. The number of nitrogens with zero attached hydrogens (tertiary/aromatic N) is 2. The summed E-state index contributed by atoms with van der Waals surface area (Å²) in [5.41, 5.74) is 1.89. The maximum absolute atomic E-state index is 13.3. The smallest absolute Gasteiger partial charge is 0.350 e. The number of hydrogen-bond donors (Lipinski definition) is 1. The van der Waals surface area contributed by atoms with E-state index in [2.05, 4.69) is 31.1 Å². The summed E-state index contributed by atoms with van der Waals surface area (Å²) < 4.78 is 4.98. The molecule has 1 N–H and O–H groups in total. The second-order valence-electron chi connectivity index (χ2n) is 8.36. The van der Waals surface area contributed by atoms with E-state index in [1.54, 1.807) is 0 Å². The molecule has 0 atom stereocenters. The van der Waals surface area contributed by atoms with Gasteiger partial charge in [0.2, 0.25) is 5.91 Å². The molecule has 2 aromatic heterocycles. The molecular formula is C24H27N3O3S. The SMILES string of the molecule is COC(=O)c1sc2nc(CN(C)C(C)C)ccc2c1NC(=O)C1(c2ccccc2)CC1. The van der Waals surface area contributed by atoms with Crippen molar-refractivity contribution in [2.75, 3.05) is 19.5 Å². The highest BCUT2D eigenvalue weighted by molar-refractivity contribution is 7.21. The maximum atomic E-state index is 13.3. The summed E-state index contributed by atoms with van der Waals surface area (Å²) in [6.45, 7) is 4.97. The van der Waals surface area contributed by atoms with Gasteiger partial charge in [-0.1, -0.05) is 30.3 Å². The van der Waals surface area contributed by atoms with Gasteiger partial charge in [0.25, 0.3) is 0 Å². The highest BCUT2D eigenvalue weighted by atomic mass is 32.1. The van der Waals surface area contributed by atoms with Crippen molar-refractivity contribution >= 4 is 39.1 Å². The number of thiophene rings is 1. The zero-order valence-corrected chi connectivity index (χ0v) is 19.1. The van der Waals surface area contributed by atoms with Gasteiger partial charge in [-0.3, -0.25) is 9.69 Å². The topological polar surface area (TPSA) is 71.5 Å². The molecule has 162 valence electrons. The van der Waals surface area contributed by atoms with Crippen LogP contribution in [0.15, 0.2) is 42.5 Å². The molecule has 0 spiro atoms. The van der Waals surface area contributed by atoms with E-state index in [4.69, 9.17) is 9.72 Å². The average molecular weight is 438 g/mol. The number of carbonyl (C=O) groups excluding carboxylic acids is 2. The molecular weight excluding hydrogens is 410 g/mol. The summed E-state index contributed by atoms with van der Waals surface area (Å²) >= 11 is 1.26. The molecule has 0 radical (unpaired) electrons. The Balaban J connectivity index is 1.69. The zero-order valence-electron chi connectivity index (χ0n) is 18.3. The minimum atomic E-state index is -0.531. The summed E-state index contributed by atoms with van der Waals surface area (Å²) in [6.07, 6.45) is 1.59. The number of amides is 1. The number of pyridine rings is 1. The van der Waals surface area contributed by atoms with Crippen LogP contribution >= 0.6 is 11.3 Å². The van der Waals surface area contributed by atoms with E-state index < -0.39 is 11.4 Å². The van der Waals surface area contributed by atoms with Gasteiger partial charge in [-0.15, -0.1) is 11.3 Å². The third-order valence-electron chi connectivity index (χ3n) is 6.03. The van der Waals surface area contributed by atoms with Crippen molar-refractivity contribution in [2.24, 2.45) is 0 Å². The summed E-state index contributed by atoms with van der Waals surface area (Å²) in [4.78, 5) is 33.8. The molecule has 3 aromatic rings. The predicted molar refractivity (Wildman–Crippen MR) is 124 cm³/mol. The van der Waals surface area contributed by atoms with Crippen molar-refractivity contribution in [3.05, 3.63) is 58.6 Å². The fraction of sp³-hybridized carbons (Fsp3) is 0.375. The van der Waals surface area contributed by atoms with Crippen LogP contribution in [0.3, 0.4) is 0 Å². The Morgan fingerprint density at radius 2 is 1.90 bits per heavy atom. The Morgan fingerprint density at radius 1 is 1.19 bits per heavy atom. The number of anilines is 1. The van der Waals surface area contributed by atoms with Gasteiger partial charge in [-0.2, -0.15) is 0 Å². The molecule has 1 fully saturated rings. The average Bonchev–Trinajstić information content (AvgIpc) is 3.52. The zero-order chi connectivity index (χ0) is 22.2. The van der Waals surface area contributed by atoms with Gasteiger partial charge in [-0.25, -0.2) is 9.78 Å². The van der Waals surface area contributed by atoms with E-state index in [0.29, 0.717) is 23.2 Å². The number of nitrogens with one attached hydrogen (secondary N) is 1. The van der Waals surface area contributed by atoms with Crippen LogP contribution in [0.4, 0.5) is 5.69 Å². The van der Waals surface area contributed by atoms with Crippen LogP contribution in [0, 0.1) is 0 Å². The van der Waals surface area contributed by atoms with Crippen molar-refractivity contribution in [3.63, 3.8) is 0 Å². The van der Waals surface area contributed by atoms with Crippen molar-refractivity contribution in [1.29, 1.82) is 0 Å². The standard InChI is InChI=1S/C24H27N3O3S/c1-15(2)27(3)14-17-10-11-18-19(20(22(28)30-4)31-21(18)25-17)26-23(29)24(12-13-24)16-8-6-5-7-9-16/h5-11,15H,12-14H2,1-4H3,(H,26,29). The van der Waals surface area contributed by atoms with Crippen LogP contribution in [0.25, 0.3) is 10.2 Å². The molecule has 6 nitrogen and oxygen atoms in total. The normalized spacial score (nSPS) is 14.8. The summed E-state index contributed by atoms with van der Waals surface area (Å²) in [6, 6.07) is 14.1. The molecule has 0 aliphatic heterocycles. The fourth-order valence-corrected chi connectivity index (χ4v) is 4.73. The lowest BCUT2D eigenvalue weighted by Crippen LogP contribution is -2.28. The van der Waals surface area contributed by atoms with Gasteiger partial charge in [-0.05, 0) is 51.4 Å². The number of fused-ring (bicyclic) bond motifs is 1. The monoisotopic (exact) mass is 437 g/mol. The molecule has 1 aromatic carbocycles. The Kier molecular flexibility index (Phi) is 5.81. The number of benzene rings is 1. The number of methoxy groups -OCH3 is 1. The second kappa shape index (κ2) is 8.40. The number of esters is 1. The van der Waals surface area contributed by atoms with E-state index in [0.717, 1.165) is 34.3 Å². The highest BCUT2D eigenvalue weighted by Crippen LogP contribution is 2.49.